The van der Waals surface area contributed by atoms with Crippen LogP contribution < -0.4 is 14.4 Å². The van der Waals surface area contributed by atoms with Gasteiger partial charge in [-0.2, -0.15) is 0 Å². The first kappa shape index (κ1) is 22.8. The Morgan fingerprint density at radius 2 is 1.76 bits per heavy atom. The molecule has 1 amide bonds. The fourth-order valence-corrected chi connectivity index (χ4v) is 5.49. The average Bonchev–Trinajstić information content (AvgIpc) is 2.83. The number of ether oxygens (including phenoxy) is 1. The molecule has 3 aromatic rings. The third kappa shape index (κ3) is 5.01. The second-order valence-electron chi connectivity index (χ2n) is 7.87. The largest absolute Gasteiger partial charge is 0.497 e. The molecule has 1 aliphatic carbocycles. The van der Waals surface area contributed by atoms with E-state index in [2.05, 4.69) is 5.32 Å². The fraction of sp³-hybridized carbons (Fsp3) is 0.240. The second-order valence-corrected chi connectivity index (χ2v) is 9.74. The highest BCUT2D eigenvalue weighted by molar-refractivity contribution is 7.92. The van der Waals surface area contributed by atoms with Crippen molar-refractivity contribution in [1.29, 1.82) is 0 Å². The molecule has 172 valence electrons. The van der Waals surface area contributed by atoms with Crippen LogP contribution in [0.5, 0.6) is 5.75 Å². The first-order valence-electron chi connectivity index (χ1n) is 10.7. The van der Waals surface area contributed by atoms with Crippen LogP contribution in [0.25, 0.3) is 0 Å². The molecule has 6 nitrogen and oxygen atoms in total. The number of fused-ring (bicyclic) bond motifs is 1. The molecule has 0 bridgehead atoms. The van der Waals surface area contributed by atoms with Gasteiger partial charge in [0.2, 0.25) is 5.91 Å². The van der Waals surface area contributed by atoms with Crippen LogP contribution in [-0.4, -0.2) is 28.0 Å². The monoisotopic (exact) mass is 468 g/mol. The Balaban J connectivity index is 1.61. The summed E-state index contributed by atoms with van der Waals surface area (Å²) in [4.78, 5) is 13.0. The third-order valence-electron chi connectivity index (χ3n) is 5.75. The van der Waals surface area contributed by atoms with E-state index >= 15 is 0 Å². The Bertz CT molecular complexity index is 1230. The summed E-state index contributed by atoms with van der Waals surface area (Å²) in [6, 6.07) is 18.7. The van der Waals surface area contributed by atoms with Crippen LogP contribution in [0.4, 0.5) is 10.1 Å². The van der Waals surface area contributed by atoms with Crippen LogP contribution in [0.2, 0.25) is 0 Å². The van der Waals surface area contributed by atoms with E-state index < -0.39 is 28.3 Å². The van der Waals surface area contributed by atoms with Gasteiger partial charge in [0, 0.05) is 0 Å². The molecule has 0 heterocycles. The van der Waals surface area contributed by atoms with Gasteiger partial charge >= 0.3 is 0 Å². The lowest BCUT2D eigenvalue weighted by Crippen LogP contribution is -2.42. The zero-order valence-corrected chi connectivity index (χ0v) is 19.0. The molecule has 0 unspecified atom stereocenters. The van der Waals surface area contributed by atoms with Gasteiger partial charge in [-0.3, -0.25) is 9.10 Å². The highest BCUT2D eigenvalue weighted by Gasteiger charge is 2.29. The average molecular weight is 469 g/mol. The number of hydrogen-bond acceptors (Lipinski definition) is 4. The van der Waals surface area contributed by atoms with E-state index in [-0.39, 0.29) is 16.6 Å². The van der Waals surface area contributed by atoms with E-state index in [4.69, 9.17) is 4.74 Å². The second kappa shape index (κ2) is 9.62. The molecule has 4 rings (SSSR count). The molecule has 1 aliphatic rings. The zero-order valence-electron chi connectivity index (χ0n) is 18.2. The first-order valence-corrected chi connectivity index (χ1v) is 12.1. The van der Waals surface area contributed by atoms with Gasteiger partial charge in [0.25, 0.3) is 10.0 Å². The number of carbonyl (C=O) groups is 1. The third-order valence-corrected chi connectivity index (χ3v) is 7.54. The number of methoxy groups -OCH3 is 1. The predicted molar refractivity (Wildman–Crippen MR) is 124 cm³/mol. The standard InChI is InChI=1S/C25H25FN2O4S/c1-32-21-13-15-22(16-14-21)33(30,31)28(20-11-9-19(26)10-12-20)17-25(29)27-24-8-4-6-18-5-2-3-7-23(18)24/h2-3,5,7,9-16,24H,4,6,8,17H2,1H3,(H,27,29)/t24-/m1/s1. The Labute approximate surface area is 193 Å². The number of nitrogens with one attached hydrogen (secondary N) is 1. The minimum atomic E-state index is -4.09. The summed E-state index contributed by atoms with van der Waals surface area (Å²) in [6.07, 6.45) is 2.68. The molecule has 0 fully saturated rings. The van der Waals surface area contributed by atoms with Gasteiger partial charge in [-0.1, -0.05) is 24.3 Å². The summed E-state index contributed by atoms with van der Waals surface area (Å²) >= 11 is 0. The van der Waals surface area contributed by atoms with Crippen LogP contribution in [0, 0.1) is 5.82 Å². The number of anilines is 1. The number of hydrogen-bond donors (Lipinski definition) is 1. The molecule has 0 aliphatic heterocycles. The zero-order chi connectivity index (χ0) is 23.4. The normalized spacial score (nSPS) is 15.4. The van der Waals surface area contributed by atoms with Gasteiger partial charge in [0.1, 0.15) is 18.1 Å². The molecule has 0 spiro atoms. The smallest absolute Gasteiger partial charge is 0.264 e. The van der Waals surface area contributed by atoms with Gasteiger partial charge < -0.3 is 10.1 Å². The molecule has 33 heavy (non-hydrogen) atoms. The maximum atomic E-state index is 13.5. The van der Waals surface area contributed by atoms with Crippen LogP contribution in [-0.2, 0) is 21.2 Å². The number of amides is 1. The highest BCUT2D eigenvalue weighted by Crippen LogP contribution is 2.30. The van der Waals surface area contributed by atoms with Gasteiger partial charge in [-0.05, 0) is 78.9 Å². The van der Waals surface area contributed by atoms with Crippen molar-refractivity contribution >= 4 is 21.6 Å². The number of aryl methyl sites for hydroxylation is 1. The number of rotatable bonds is 7. The molecule has 3 aromatic carbocycles. The van der Waals surface area contributed by atoms with E-state index in [9.17, 15) is 17.6 Å². The van der Waals surface area contributed by atoms with Crippen molar-refractivity contribution in [3.8, 4) is 5.75 Å². The topological polar surface area (TPSA) is 75.7 Å². The number of nitrogens with zero attached hydrogens (tertiary/aromatic N) is 1. The van der Waals surface area contributed by atoms with Gasteiger partial charge in [-0.15, -0.1) is 0 Å². The molecule has 1 N–H and O–H groups in total. The molecular formula is C25H25FN2O4S. The van der Waals surface area contributed by atoms with E-state index in [0.29, 0.717) is 5.75 Å². The van der Waals surface area contributed by atoms with Crippen LogP contribution in [0.15, 0.2) is 77.7 Å². The van der Waals surface area contributed by atoms with Crippen LogP contribution in [0.3, 0.4) is 0 Å². The van der Waals surface area contributed by atoms with Crippen molar-refractivity contribution in [3.63, 3.8) is 0 Å². The van der Waals surface area contributed by atoms with Crippen molar-refractivity contribution in [1.82, 2.24) is 5.32 Å². The molecule has 0 saturated heterocycles. The highest BCUT2D eigenvalue weighted by atomic mass is 32.2. The van der Waals surface area contributed by atoms with Crippen molar-refractivity contribution in [2.45, 2.75) is 30.2 Å². The van der Waals surface area contributed by atoms with Crippen LogP contribution in [0.1, 0.15) is 30.0 Å². The van der Waals surface area contributed by atoms with Gasteiger partial charge in [0.05, 0.1) is 23.7 Å². The summed E-state index contributed by atoms with van der Waals surface area (Å²) in [5.41, 5.74) is 2.45. The maximum absolute atomic E-state index is 13.5. The van der Waals surface area contributed by atoms with Crippen molar-refractivity contribution in [2.75, 3.05) is 18.0 Å². The molecule has 8 heteroatoms. The lowest BCUT2D eigenvalue weighted by atomic mass is 9.88. The van der Waals surface area contributed by atoms with Gasteiger partial charge in [0.15, 0.2) is 0 Å². The van der Waals surface area contributed by atoms with Crippen molar-refractivity contribution in [2.24, 2.45) is 0 Å². The van der Waals surface area contributed by atoms with E-state index in [1.165, 1.54) is 61.2 Å². The minimum absolute atomic E-state index is 0.00318. The Kier molecular flexibility index (Phi) is 6.65. The molecular weight excluding hydrogens is 443 g/mol. The van der Waals surface area contributed by atoms with Crippen LogP contribution >= 0.6 is 0 Å². The van der Waals surface area contributed by atoms with E-state index in [0.717, 1.165) is 29.1 Å². The molecule has 0 saturated carbocycles. The first-order chi connectivity index (χ1) is 15.9. The number of sulfonamides is 1. The summed E-state index contributed by atoms with van der Waals surface area (Å²) in [5.74, 6) is -0.419. The summed E-state index contributed by atoms with van der Waals surface area (Å²) in [5, 5.41) is 2.99. The molecule has 0 aromatic heterocycles. The number of carbonyl (C=O) groups excluding carboxylic acids is 1. The Hall–Kier alpha value is -3.39. The lowest BCUT2D eigenvalue weighted by molar-refractivity contribution is -0.120. The maximum Gasteiger partial charge on any atom is 0.264 e. The van der Waals surface area contributed by atoms with Crippen molar-refractivity contribution in [3.05, 3.63) is 89.7 Å². The minimum Gasteiger partial charge on any atom is -0.497 e. The number of halogens is 1. The fourth-order valence-electron chi connectivity index (χ4n) is 4.07. The van der Waals surface area contributed by atoms with E-state index in [1.807, 2.05) is 24.3 Å². The Morgan fingerprint density at radius 3 is 2.45 bits per heavy atom. The predicted octanol–water partition coefficient (Wildman–Crippen LogP) is 4.22. The van der Waals surface area contributed by atoms with Gasteiger partial charge in [-0.25, -0.2) is 12.8 Å². The van der Waals surface area contributed by atoms with Crippen molar-refractivity contribution < 1.29 is 22.3 Å². The van der Waals surface area contributed by atoms with E-state index in [1.54, 1.807) is 0 Å². The summed E-state index contributed by atoms with van der Waals surface area (Å²) in [7, 11) is -2.61. The summed E-state index contributed by atoms with van der Waals surface area (Å²) < 4.78 is 46.5. The molecule has 1 atom stereocenters. The number of benzene rings is 3. The SMILES string of the molecule is COc1ccc(S(=O)(=O)N(CC(=O)N[C@@H]2CCCc3ccccc32)c2ccc(F)cc2)cc1. The quantitative estimate of drug-likeness (QED) is 0.563. The Morgan fingerprint density at radius 1 is 1.06 bits per heavy atom. The lowest BCUT2D eigenvalue weighted by Gasteiger charge is -2.28. The summed E-state index contributed by atoms with van der Waals surface area (Å²) in [6.45, 7) is -0.432. The molecule has 0 radical (unpaired) electrons.